The lowest BCUT2D eigenvalue weighted by Gasteiger charge is -2.27. The average Bonchev–Trinajstić information content (AvgIpc) is 3.24. The molecule has 0 aliphatic carbocycles. The van der Waals surface area contributed by atoms with Crippen molar-refractivity contribution in [3.63, 3.8) is 0 Å². The minimum Gasteiger partial charge on any atom is -0.357 e. The molecule has 5 rings (SSSR count). The third-order valence-electron chi connectivity index (χ3n) is 6.31. The molecule has 0 saturated carbocycles. The maximum Gasteiger partial charge on any atom is 0.140 e. The summed E-state index contributed by atoms with van der Waals surface area (Å²) in [5.41, 5.74) is 12.5. The summed E-state index contributed by atoms with van der Waals surface area (Å²) in [4.78, 5) is 11.7. The molecule has 164 valence electrons. The largest absolute Gasteiger partial charge is 0.357 e. The van der Waals surface area contributed by atoms with Crippen molar-refractivity contribution in [2.24, 2.45) is 5.73 Å². The van der Waals surface area contributed by atoms with E-state index in [0.29, 0.717) is 11.6 Å². The van der Waals surface area contributed by atoms with Gasteiger partial charge in [0.05, 0.1) is 16.9 Å². The molecule has 3 aromatic heterocycles. The topological polar surface area (TPSA) is 59.5 Å². The first-order valence-electron chi connectivity index (χ1n) is 10.9. The SMILES string of the molecule is Cc1c(CN)c(-c2ccc(F)cc2Cl)cn2c(-c3ccnc(N4CCCCC4)c3)cnc12. The fourth-order valence-corrected chi connectivity index (χ4v) is 4.87. The molecule has 1 fully saturated rings. The van der Waals surface area contributed by atoms with E-state index < -0.39 is 0 Å². The highest BCUT2D eigenvalue weighted by atomic mass is 35.5. The Morgan fingerprint density at radius 3 is 2.62 bits per heavy atom. The van der Waals surface area contributed by atoms with Gasteiger partial charge in [-0.3, -0.25) is 4.40 Å². The average molecular weight is 450 g/mol. The van der Waals surface area contributed by atoms with Gasteiger partial charge in [-0.05, 0) is 67.6 Å². The molecule has 0 radical (unpaired) electrons. The number of aromatic nitrogens is 3. The minimum atomic E-state index is -0.365. The van der Waals surface area contributed by atoms with Crippen molar-refractivity contribution in [3.05, 3.63) is 70.9 Å². The third kappa shape index (κ3) is 3.63. The molecule has 4 heterocycles. The highest BCUT2D eigenvalue weighted by Crippen LogP contribution is 2.35. The normalized spacial score (nSPS) is 14.3. The van der Waals surface area contributed by atoms with E-state index in [4.69, 9.17) is 22.3 Å². The number of fused-ring (bicyclic) bond motifs is 1. The van der Waals surface area contributed by atoms with Gasteiger partial charge in [0.1, 0.15) is 17.3 Å². The summed E-state index contributed by atoms with van der Waals surface area (Å²) in [7, 11) is 0. The van der Waals surface area contributed by atoms with Crippen molar-refractivity contribution in [2.75, 3.05) is 18.0 Å². The number of aryl methyl sites for hydroxylation is 1. The first kappa shape index (κ1) is 20.9. The van der Waals surface area contributed by atoms with Crippen molar-refractivity contribution in [3.8, 4) is 22.4 Å². The number of pyridine rings is 2. The Morgan fingerprint density at radius 2 is 1.88 bits per heavy atom. The van der Waals surface area contributed by atoms with Crippen molar-refractivity contribution < 1.29 is 4.39 Å². The number of benzene rings is 1. The summed E-state index contributed by atoms with van der Waals surface area (Å²) in [6, 6.07) is 8.59. The lowest BCUT2D eigenvalue weighted by molar-refractivity contribution is 0.573. The molecule has 1 aliphatic rings. The molecule has 32 heavy (non-hydrogen) atoms. The molecule has 0 amide bonds. The molecule has 0 bridgehead atoms. The van der Waals surface area contributed by atoms with E-state index in [0.717, 1.165) is 58.1 Å². The molecule has 1 aliphatic heterocycles. The number of imidazole rings is 1. The molecule has 0 spiro atoms. The standard InChI is InChI=1S/C25H25ClFN5/c1-16-20(13-28)21(19-6-5-18(27)12-22(19)26)15-32-23(14-30-25(16)32)17-7-8-29-24(11-17)31-9-3-2-4-10-31/h5-8,11-12,14-15H,2-4,9-10,13,28H2,1H3. The molecule has 5 nitrogen and oxygen atoms in total. The van der Waals surface area contributed by atoms with Crippen LogP contribution in [0.5, 0.6) is 0 Å². The summed E-state index contributed by atoms with van der Waals surface area (Å²) in [5, 5.41) is 0.358. The highest BCUT2D eigenvalue weighted by Gasteiger charge is 2.18. The van der Waals surface area contributed by atoms with Gasteiger partial charge in [-0.2, -0.15) is 0 Å². The van der Waals surface area contributed by atoms with Crippen LogP contribution in [0.3, 0.4) is 0 Å². The summed E-state index contributed by atoms with van der Waals surface area (Å²) < 4.78 is 15.7. The van der Waals surface area contributed by atoms with E-state index >= 15 is 0 Å². The second kappa shape index (κ2) is 8.52. The van der Waals surface area contributed by atoms with Crippen LogP contribution in [0.1, 0.15) is 30.4 Å². The van der Waals surface area contributed by atoms with Gasteiger partial charge >= 0.3 is 0 Å². The maximum atomic E-state index is 13.7. The monoisotopic (exact) mass is 449 g/mol. The number of rotatable bonds is 4. The van der Waals surface area contributed by atoms with Crippen molar-refractivity contribution in [1.29, 1.82) is 0 Å². The number of halogens is 2. The molecule has 7 heteroatoms. The predicted molar refractivity (Wildman–Crippen MR) is 128 cm³/mol. The smallest absolute Gasteiger partial charge is 0.140 e. The van der Waals surface area contributed by atoms with Gasteiger partial charge in [0, 0.05) is 48.7 Å². The van der Waals surface area contributed by atoms with E-state index in [1.807, 2.05) is 31.6 Å². The fourth-order valence-electron chi connectivity index (χ4n) is 4.60. The van der Waals surface area contributed by atoms with Gasteiger partial charge in [0.25, 0.3) is 0 Å². The Kier molecular flexibility index (Phi) is 5.57. The molecule has 1 saturated heterocycles. The lowest BCUT2D eigenvalue weighted by Crippen LogP contribution is -2.30. The summed E-state index contributed by atoms with van der Waals surface area (Å²) in [6.07, 6.45) is 9.42. The van der Waals surface area contributed by atoms with E-state index in [9.17, 15) is 4.39 Å². The number of anilines is 1. The van der Waals surface area contributed by atoms with E-state index in [-0.39, 0.29) is 5.82 Å². The van der Waals surface area contributed by atoms with Crippen molar-refractivity contribution in [1.82, 2.24) is 14.4 Å². The van der Waals surface area contributed by atoms with Gasteiger partial charge in [0.2, 0.25) is 0 Å². The molecule has 1 aromatic carbocycles. The number of hydrogen-bond acceptors (Lipinski definition) is 4. The van der Waals surface area contributed by atoms with Crippen LogP contribution in [0.2, 0.25) is 5.02 Å². The van der Waals surface area contributed by atoms with E-state index in [1.165, 1.54) is 31.4 Å². The Balaban J connectivity index is 1.67. The molecule has 4 aromatic rings. The minimum absolute atomic E-state index is 0.335. The highest BCUT2D eigenvalue weighted by molar-refractivity contribution is 6.33. The number of nitrogens with zero attached hydrogens (tertiary/aromatic N) is 4. The molecular weight excluding hydrogens is 425 g/mol. The van der Waals surface area contributed by atoms with Crippen LogP contribution in [-0.2, 0) is 6.54 Å². The Hall–Kier alpha value is -2.96. The zero-order chi connectivity index (χ0) is 22.2. The number of nitrogens with two attached hydrogens (primary N) is 1. The summed E-state index contributed by atoms with van der Waals surface area (Å²) in [6.45, 7) is 4.43. The van der Waals surface area contributed by atoms with E-state index in [1.54, 1.807) is 6.07 Å². The quantitative estimate of drug-likeness (QED) is 0.439. The second-order valence-electron chi connectivity index (χ2n) is 8.26. The molecule has 0 atom stereocenters. The molecular formula is C25H25ClFN5. The van der Waals surface area contributed by atoms with Crippen LogP contribution in [0, 0.1) is 12.7 Å². The third-order valence-corrected chi connectivity index (χ3v) is 6.63. The van der Waals surface area contributed by atoms with Gasteiger partial charge in [0.15, 0.2) is 0 Å². The fraction of sp³-hybridized carbons (Fsp3) is 0.280. The number of piperidine rings is 1. The zero-order valence-corrected chi connectivity index (χ0v) is 18.7. The first-order chi connectivity index (χ1) is 15.6. The summed E-state index contributed by atoms with van der Waals surface area (Å²) >= 11 is 6.41. The van der Waals surface area contributed by atoms with Crippen LogP contribution < -0.4 is 10.6 Å². The van der Waals surface area contributed by atoms with Gasteiger partial charge < -0.3 is 10.6 Å². The second-order valence-corrected chi connectivity index (χ2v) is 8.67. The van der Waals surface area contributed by atoms with Gasteiger partial charge in [-0.1, -0.05) is 11.6 Å². The van der Waals surface area contributed by atoms with Crippen molar-refractivity contribution >= 4 is 23.1 Å². The van der Waals surface area contributed by atoms with Crippen molar-refractivity contribution in [2.45, 2.75) is 32.7 Å². The molecule has 2 N–H and O–H groups in total. The van der Waals surface area contributed by atoms with Crippen LogP contribution in [-0.4, -0.2) is 27.5 Å². The van der Waals surface area contributed by atoms with E-state index in [2.05, 4.69) is 20.4 Å². The summed E-state index contributed by atoms with van der Waals surface area (Å²) in [5.74, 6) is 0.630. The first-order valence-corrected chi connectivity index (χ1v) is 11.3. The maximum absolute atomic E-state index is 13.7. The number of hydrogen-bond donors (Lipinski definition) is 1. The Labute approximate surface area is 191 Å². The van der Waals surface area contributed by atoms with Gasteiger partial charge in [-0.25, -0.2) is 14.4 Å². The van der Waals surface area contributed by atoms with Crippen LogP contribution in [0.25, 0.3) is 28.0 Å². The molecule has 0 unspecified atom stereocenters. The van der Waals surface area contributed by atoms with Crippen LogP contribution in [0.15, 0.2) is 48.9 Å². The lowest BCUT2D eigenvalue weighted by atomic mass is 9.98. The zero-order valence-electron chi connectivity index (χ0n) is 18.0. The van der Waals surface area contributed by atoms with Gasteiger partial charge in [-0.15, -0.1) is 0 Å². The predicted octanol–water partition coefficient (Wildman–Crippen LogP) is 5.61. The van der Waals surface area contributed by atoms with Crippen LogP contribution >= 0.6 is 11.6 Å². The Morgan fingerprint density at radius 1 is 1.06 bits per heavy atom. The Bertz CT molecular complexity index is 1290. The van der Waals surface area contributed by atoms with Crippen LogP contribution in [0.4, 0.5) is 10.2 Å².